The fourth-order valence-electron chi connectivity index (χ4n) is 3.20. The molecule has 0 aromatic heterocycles. The molecule has 5 nitrogen and oxygen atoms in total. The predicted molar refractivity (Wildman–Crippen MR) is 114 cm³/mol. The summed E-state index contributed by atoms with van der Waals surface area (Å²) in [5.41, 5.74) is 1.19. The Hall–Kier alpha value is -3.75. The molecule has 6 heteroatoms. The first-order valence-corrected chi connectivity index (χ1v) is 9.17. The van der Waals surface area contributed by atoms with Crippen LogP contribution in [-0.4, -0.2) is 18.5 Å². The van der Waals surface area contributed by atoms with Crippen molar-refractivity contribution >= 4 is 46.1 Å². The van der Waals surface area contributed by atoms with Gasteiger partial charge in [-0.2, -0.15) is 0 Å². The number of ether oxygens (including phenoxy) is 1. The van der Waals surface area contributed by atoms with Crippen molar-refractivity contribution in [1.82, 2.24) is 5.32 Å². The van der Waals surface area contributed by atoms with Gasteiger partial charge >= 0.3 is 6.03 Å². The molecular weight excluding hydrogens is 388 g/mol. The first kappa shape index (κ1) is 18.6. The maximum Gasteiger partial charge on any atom is 0.333 e. The van der Waals surface area contributed by atoms with E-state index in [0.29, 0.717) is 22.0 Å². The molecule has 3 aromatic carbocycles. The third-order valence-corrected chi connectivity index (χ3v) is 4.71. The van der Waals surface area contributed by atoms with Crippen LogP contribution in [0.25, 0.3) is 16.8 Å². The maximum atomic E-state index is 13.0. The van der Waals surface area contributed by atoms with Crippen LogP contribution in [0.4, 0.5) is 10.5 Å². The van der Waals surface area contributed by atoms with E-state index in [4.69, 9.17) is 22.8 Å². The standard InChI is InChI=1S/C23H15ClN2O3/c1-2-12-29-21-11-10-15-6-3-4-9-18(15)19(21)14-20-22(27)26(23(28)25-20)17-8-5-7-16(24)13-17/h1,3-11,13-14H,12H2,(H,25,28)/b20-14-. The number of terminal acetylenes is 1. The van der Waals surface area contributed by atoms with Crippen molar-refractivity contribution in [3.05, 3.63) is 76.9 Å². The molecule has 1 fully saturated rings. The number of nitrogens with one attached hydrogen (secondary N) is 1. The van der Waals surface area contributed by atoms with Crippen molar-refractivity contribution in [3.63, 3.8) is 0 Å². The van der Waals surface area contributed by atoms with Crippen molar-refractivity contribution in [2.45, 2.75) is 0 Å². The Labute approximate surface area is 172 Å². The van der Waals surface area contributed by atoms with Crippen LogP contribution in [0.5, 0.6) is 5.75 Å². The van der Waals surface area contributed by atoms with Gasteiger partial charge in [-0.3, -0.25) is 4.79 Å². The minimum absolute atomic E-state index is 0.0868. The van der Waals surface area contributed by atoms with Gasteiger partial charge in [0, 0.05) is 10.6 Å². The first-order chi connectivity index (χ1) is 14.1. The van der Waals surface area contributed by atoms with Crippen LogP contribution in [-0.2, 0) is 4.79 Å². The van der Waals surface area contributed by atoms with Gasteiger partial charge in [0.25, 0.3) is 5.91 Å². The molecule has 4 rings (SSSR count). The second-order valence-electron chi connectivity index (χ2n) is 6.30. The van der Waals surface area contributed by atoms with Crippen molar-refractivity contribution < 1.29 is 14.3 Å². The second-order valence-corrected chi connectivity index (χ2v) is 6.74. The largest absolute Gasteiger partial charge is 0.480 e. The van der Waals surface area contributed by atoms with Crippen LogP contribution in [0.15, 0.2) is 66.4 Å². The lowest BCUT2D eigenvalue weighted by atomic mass is 10.0. The minimum atomic E-state index is -0.546. The van der Waals surface area contributed by atoms with Crippen LogP contribution in [0.1, 0.15) is 5.56 Å². The highest BCUT2D eigenvalue weighted by atomic mass is 35.5. The average Bonchev–Trinajstić information content (AvgIpc) is 3.00. The number of carbonyl (C=O) groups excluding carboxylic acids is 2. The average molecular weight is 403 g/mol. The van der Waals surface area contributed by atoms with Crippen LogP contribution in [0, 0.1) is 12.3 Å². The number of benzene rings is 3. The van der Waals surface area contributed by atoms with Gasteiger partial charge in [0.1, 0.15) is 18.1 Å². The number of anilines is 1. The lowest BCUT2D eigenvalue weighted by molar-refractivity contribution is -0.113. The fourth-order valence-corrected chi connectivity index (χ4v) is 3.38. The molecule has 3 aromatic rings. The summed E-state index contributed by atoms with van der Waals surface area (Å²) in [5, 5.41) is 4.90. The zero-order valence-electron chi connectivity index (χ0n) is 15.2. The van der Waals surface area contributed by atoms with E-state index in [1.165, 1.54) is 0 Å². The first-order valence-electron chi connectivity index (χ1n) is 8.79. The smallest absolute Gasteiger partial charge is 0.333 e. The molecule has 0 aliphatic carbocycles. The van der Waals surface area contributed by atoms with Crippen molar-refractivity contribution in [2.24, 2.45) is 0 Å². The fraction of sp³-hybridized carbons (Fsp3) is 0.0435. The summed E-state index contributed by atoms with van der Waals surface area (Å²) in [4.78, 5) is 26.5. The van der Waals surface area contributed by atoms with Crippen LogP contribution in [0.2, 0.25) is 5.02 Å². The molecule has 0 spiro atoms. The van der Waals surface area contributed by atoms with Gasteiger partial charge < -0.3 is 10.1 Å². The highest BCUT2D eigenvalue weighted by molar-refractivity contribution is 6.32. The Bertz CT molecular complexity index is 1210. The van der Waals surface area contributed by atoms with E-state index in [9.17, 15) is 9.59 Å². The van der Waals surface area contributed by atoms with Gasteiger partial charge in [-0.05, 0) is 41.1 Å². The molecule has 1 aliphatic rings. The summed E-state index contributed by atoms with van der Waals surface area (Å²) in [6.45, 7) is 0.0868. The van der Waals surface area contributed by atoms with Crippen molar-refractivity contribution in [1.29, 1.82) is 0 Å². The zero-order chi connectivity index (χ0) is 20.4. The third-order valence-electron chi connectivity index (χ3n) is 4.47. The quantitative estimate of drug-likeness (QED) is 0.394. The number of carbonyl (C=O) groups is 2. The highest BCUT2D eigenvalue weighted by Crippen LogP contribution is 2.32. The molecule has 0 saturated carbocycles. The molecule has 1 heterocycles. The van der Waals surface area contributed by atoms with E-state index in [2.05, 4.69) is 11.2 Å². The summed E-state index contributed by atoms with van der Waals surface area (Å²) in [6.07, 6.45) is 6.93. The number of urea groups is 1. The van der Waals surface area contributed by atoms with E-state index in [1.807, 2.05) is 30.3 Å². The Morgan fingerprint density at radius 3 is 2.72 bits per heavy atom. The summed E-state index contributed by atoms with van der Waals surface area (Å²) < 4.78 is 5.66. The second kappa shape index (κ2) is 7.70. The number of rotatable bonds is 4. The summed E-state index contributed by atoms with van der Waals surface area (Å²) in [7, 11) is 0. The molecular formula is C23H15ClN2O3. The van der Waals surface area contributed by atoms with E-state index < -0.39 is 11.9 Å². The minimum Gasteiger partial charge on any atom is -0.480 e. The molecule has 29 heavy (non-hydrogen) atoms. The molecule has 1 saturated heterocycles. The summed E-state index contributed by atoms with van der Waals surface area (Å²) >= 11 is 6.00. The van der Waals surface area contributed by atoms with Gasteiger partial charge in [-0.25, -0.2) is 9.69 Å². The van der Waals surface area contributed by atoms with Gasteiger partial charge in [-0.1, -0.05) is 53.9 Å². The molecule has 3 amide bonds. The normalized spacial score (nSPS) is 14.9. The molecule has 0 bridgehead atoms. The number of fused-ring (bicyclic) bond motifs is 1. The van der Waals surface area contributed by atoms with Gasteiger partial charge in [0.2, 0.25) is 0 Å². The van der Waals surface area contributed by atoms with E-state index in [-0.39, 0.29) is 12.3 Å². The number of hydrogen-bond donors (Lipinski definition) is 1. The van der Waals surface area contributed by atoms with Crippen molar-refractivity contribution in [3.8, 4) is 18.1 Å². The highest BCUT2D eigenvalue weighted by Gasteiger charge is 2.35. The van der Waals surface area contributed by atoms with Gasteiger partial charge in [0.05, 0.1) is 5.69 Å². The predicted octanol–water partition coefficient (Wildman–Crippen LogP) is 4.60. The Morgan fingerprint density at radius 1 is 1.10 bits per heavy atom. The van der Waals surface area contributed by atoms with E-state index in [1.54, 1.807) is 36.4 Å². The van der Waals surface area contributed by atoms with Crippen LogP contribution >= 0.6 is 11.6 Å². The van der Waals surface area contributed by atoms with Gasteiger partial charge in [-0.15, -0.1) is 6.42 Å². The van der Waals surface area contributed by atoms with Crippen LogP contribution in [0.3, 0.4) is 0 Å². The van der Waals surface area contributed by atoms with Gasteiger partial charge in [0.15, 0.2) is 0 Å². The zero-order valence-corrected chi connectivity index (χ0v) is 15.9. The molecule has 1 aliphatic heterocycles. The van der Waals surface area contributed by atoms with E-state index >= 15 is 0 Å². The van der Waals surface area contributed by atoms with E-state index in [0.717, 1.165) is 15.7 Å². The summed E-state index contributed by atoms with van der Waals surface area (Å²) in [5.74, 6) is 2.48. The lowest BCUT2D eigenvalue weighted by Crippen LogP contribution is -2.30. The maximum absolute atomic E-state index is 13.0. The molecule has 142 valence electrons. The molecule has 0 atom stereocenters. The Kier molecular flexibility index (Phi) is 4.94. The molecule has 0 unspecified atom stereocenters. The third kappa shape index (κ3) is 3.54. The van der Waals surface area contributed by atoms with Crippen molar-refractivity contribution in [2.75, 3.05) is 11.5 Å². The Morgan fingerprint density at radius 2 is 1.93 bits per heavy atom. The lowest BCUT2D eigenvalue weighted by Gasteiger charge is -2.12. The number of imide groups is 1. The monoisotopic (exact) mass is 402 g/mol. The Balaban J connectivity index is 1.80. The number of hydrogen-bond acceptors (Lipinski definition) is 3. The topological polar surface area (TPSA) is 58.6 Å². The van der Waals surface area contributed by atoms with Crippen LogP contribution < -0.4 is 15.0 Å². The summed E-state index contributed by atoms with van der Waals surface area (Å²) in [6, 6.07) is 17.4. The molecule has 0 radical (unpaired) electrons. The SMILES string of the molecule is C#CCOc1ccc2ccccc2c1/C=C1\NC(=O)N(c2cccc(Cl)c2)C1=O. The molecule has 1 N–H and O–H groups in total. The number of nitrogens with zero attached hydrogens (tertiary/aromatic N) is 1. The number of amides is 3. The number of halogens is 1.